The molecule has 1 aliphatic carbocycles. The lowest BCUT2D eigenvalue weighted by atomic mass is 9.74. The van der Waals surface area contributed by atoms with Gasteiger partial charge in [0, 0.05) is 7.11 Å². The summed E-state index contributed by atoms with van der Waals surface area (Å²) in [6, 6.07) is 0. The van der Waals surface area contributed by atoms with E-state index in [2.05, 4.69) is 0 Å². The predicted molar refractivity (Wildman–Crippen MR) is 39.8 cm³/mol. The molecule has 1 fully saturated rings. The third-order valence-electron chi connectivity index (χ3n) is 2.75. The van der Waals surface area contributed by atoms with E-state index in [0.717, 1.165) is 0 Å². The summed E-state index contributed by atoms with van der Waals surface area (Å²) >= 11 is 0. The molecule has 0 aromatic heterocycles. The number of aliphatic hydroxyl groups is 1. The minimum absolute atomic E-state index is 0.147. The molecule has 0 radical (unpaired) electrons. The molecule has 10 heavy (non-hydrogen) atoms. The maximum Gasteiger partial charge on any atom is 0.0908 e. The van der Waals surface area contributed by atoms with Crippen molar-refractivity contribution in [2.45, 2.75) is 31.8 Å². The lowest BCUT2D eigenvalue weighted by Crippen LogP contribution is -2.43. The van der Waals surface area contributed by atoms with E-state index in [9.17, 15) is 0 Å². The Labute approximate surface area is 62.2 Å². The maximum absolute atomic E-state index is 9.00. The van der Waals surface area contributed by atoms with Gasteiger partial charge in [0.15, 0.2) is 0 Å². The maximum atomic E-state index is 9.00. The zero-order valence-electron chi connectivity index (χ0n) is 6.76. The van der Waals surface area contributed by atoms with Crippen molar-refractivity contribution in [3.05, 3.63) is 0 Å². The normalized spacial score (nSPS) is 25.5. The molecule has 0 aromatic carbocycles. The highest BCUT2D eigenvalue weighted by atomic mass is 16.5. The molecule has 0 aliphatic heterocycles. The summed E-state index contributed by atoms with van der Waals surface area (Å²) in [7, 11) is 1.68. The Morgan fingerprint density at radius 2 is 2.20 bits per heavy atom. The second-order valence-electron chi connectivity index (χ2n) is 3.30. The Morgan fingerprint density at radius 1 is 1.60 bits per heavy atom. The van der Waals surface area contributed by atoms with E-state index in [1.54, 1.807) is 7.11 Å². The quantitative estimate of drug-likeness (QED) is 0.644. The molecule has 0 amide bonds. The predicted octanol–water partition coefficient (Wildman–Crippen LogP) is 1.18. The Kier molecular flexibility index (Phi) is 2.32. The van der Waals surface area contributed by atoms with Gasteiger partial charge in [0.1, 0.15) is 0 Å². The molecule has 1 aliphatic rings. The average molecular weight is 144 g/mol. The fourth-order valence-electron chi connectivity index (χ4n) is 1.38. The number of aliphatic hydroxyl groups excluding tert-OH is 1. The lowest BCUT2D eigenvalue weighted by Gasteiger charge is -2.40. The molecule has 0 aromatic rings. The second-order valence-corrected chi connectivity index (χ2v) is 3.30. The number of ether oxygens (including phenoxy) is 1. The number of rotatable bonds is 3. The third kappa shape index (κ3) is 1.18. The highest BCUT2D eigenvalue weighted by Crippen LogP contribution is 2.37. The van der Waals surface area contributed by atoms with Gasteiger partial charge in [-0.1, -0.05) is 6.42 Å². The molecule has 0 saturated heterocycles. The van der Waals surface area contributed by atoms with Crippen molar-refractivity contribution in [2.24, 2.45) is 5.92 Å². The summed E-state index contributed by atoms with van der Waals surface area (Å²) < 4.78 is 5.24. The van der Waals surface area contributed by atoms with Crippen molar-refractivity contribution in [3.8, 4) is 0 Å². The monoisotopic (exact) mass is 144 g/mol. The first kappa shape index (κ1) is 8.02. The largest absolute Gasteiger partial charge is 0.393 e. The molecule has 60 valence electrons. The molecule has 2 nitrogen and oxygen atoms in total. The van der Waals surface area contributed by atoms with Gasteiger partial charge in [-0.3, -0.25) is 0 Å². The molecule has 1 atom stereocenters. The molecule has 2 heteroatoms. The van der Waals surface area contributed by atoms with Crippen LogP contribution in [0.15, 0.2) is 0 Å². The van der Waals surface area contributed by atoms with Crippen LogP contribution in [0.4, 0.5) is 0 Å². The van der Waals surface area contributed by atoms with Crippen LogP contribution in [-0.2, 0) is 4.74 Å². The standard InChI is InChI=1S/C8H16O2/c1-8(6-9,10-2)7-4-3-5-7/h7,9H,3-6H2,1-2H3. The van der Waals surface area contributed by atoms with E-state index in [-0.39, 0.29) is 12.2 Å². The molecule has 1 unspecified atom stereocenters. The van der Waals surface area contributed by atoms with Gasteiger partial charge < -0.3 is 9.84 Å². The Morgan fingerprint density at radius 3 is 2.30 bits per heavy atom. The molecule has 1 N–H and O–H groups in total. The van der Waals surface area contributed by atoms with Crippen LogP contribution in [0.3, 0.4) is 0 Å². The van der Waals surface area contributed by atoms with Crippen molar-refractivity contribution >= 4 is 0 Å². The Balaban J connectivity index is 2.44. The van der Waals surface area contributed by atoms with Gasteiger partial charge in [0.2, 0.25) is 0 Å². The van der Waals surface area contributed by atoms with Gasteiger partial charge in [-0.2, -0.15) is 0 Å². The van der Waals surface area contributed by atoms with Gasteiger partial charge in [0.25, 0.3) is 0 Å². The van der Waals surface area contributed by atoms with E-state index in [0.29, 0.717) is 5.92 Å². The fourth-order valence-corrected chi connectivity index (χ4v) is 1.38. The summed E-state index contributed by atoms with van der Waals surface area (Å²) in [5.41, 5.74) is -0.266. The molecular formula is C8H16O2. The molecule has 0 bridgehead atoms. The van der Waals surface area contributed by atoms with Crippen molar-refractivity contribution < 1.29 is 9.84 Å². The summed E-state index contributed by atoms with van der Waals surface area (Å²) in [6.45, 7) is 2.13. The average Bonchev–Trinajstić information content (AvgIpc) is 1.84. The van der Waals surface area contributed by atoms with Gasteiger partial charge in [-0.05, 0) is 25.7 Å². The van der Waals surface area contributed by atoms with Crippen molar-refractivity contribution in [2.75, 3.05) is 13.7 Å². The van der Waals surface area contributed by atoms with E-state index >= 15 is 0 Å². The summed E-state index contributed by atoms with van der Waals surface area (Å²) in [5, 5.41) is 9.00. The molecular weight excluding hydrogens is 128 g/mol. The smallest absolute Gasteiger partial charge is 0.0908 e. The van der Waals surface area contributed by atoms with E-state index in [1.165, 1.54) is 19.3 Å². The topological polar surface area (TPSA) is 29.5 Å². The molecule has 0 heterocycles. The van der Waals surface area contributed by atoms with Crippen LogP contribution in [0.2, 0.25) is 0 Å². The molecule has 1 saturated carbocycles. The van der Waals surface area contributed by atoms with Crippen LogP contribution in [0.25, 0.3) is 0 Å². The fraction of sp³-hybridized carbons (Fsp3) is 1.00. The minimum atomic E-state index is -0.266. The lowest BCUT2D eigenvalue weighted by molar-refractivity contribution is -0.101. The molecule has 0 spiro atoms. The SMILES string of the molecule is COC(C)(CO)C1CCC1. The van der Waals surface area contributed by atoms with Gasteiger partial charge in [-0.15, -0.1) is 0 Å². The van der Waals surface area contributed by atoms with Gasteiger partial charge in [0.05, 0.1) is 12.2 Å². The highest BCUT2D eigenvalue weighted by molar-refractivity contribution is 4.88. The first-order valence-corrected chi connectivity index (χ1v) is 3.89. The highest BCUT2D eigenvalue weighted by Gasteiger charge is 2.37. The van der Waals surface area contributed by atoms with Crippen molar-refractivity contribution in [1.29, 1.82) is 0 Å². The number of hydrogen-bond acceptors (Lipinski definition) is 2. The zero-order chi connectivity index (χ0) is 7.61. The van der Waals surface area contributed by atoms with E-state index in [1.807, 2.05) is 6.92 Å². The van der Waals surface area contributed by atoms with Gasteiger partial charge in [-0.25, -0.2) is 0 Å². The Hall–Kier alpha value is -0.0800. The van der Waals surface area contributed by atoms with Gasteiger partial charge >= 0.3 is 0 Å². The van der Waals surface area contributed by atoms with Crippen LogP contribution < -0.4 is 0 Å². The van der Waals surface area contributed by atoms with E-state index in [4.69, 9.17) is 9.84 Å². The van der Waals surface area contributed by atoms with E-state index < -0.39 is 0 Å². The summed E-state index contributed by atoms with van der Waals surface area (Å²) in [5.74, 6) is 0.586. The first-order valence-electron chi connectivity index (χ1n) is 3.89. The second kappa shape index (κ2) is 2.89. The van der Waals surface area contributed by atoms with Crippen LogP contribution in [0.5, 0.6) is 0 Å². The summed E-state index contributed by atoms with van der Waals surface area (Å²) in [4.78, 5) is 0. The zero-order valence-corrected chi connectivity index (χ0v) is 6.76. The first-order chi connectivity index (χ1) is 4.73. The van der Waals surface area contributed by atoms with Crippen molar-refractivity contribution in [1.82, 2.24) is 0 Å². The van der Waals surface area contributed by atoms with Crippen molar-refractivity contribution in [3.63, 3.8) is 0 Å². The Bertz CT molecular complexity index is 104. The number of methoxy groups -OCH3 is 1. The van der Waals surface area contributed by atoms with Crippen LogP contribution in [-0.4, -0.2) is 24.4 Å². The molecule has 1 rings (SSSR count). The third-order valence-corrected chi connectivity index (χ3v) is 2.75. The summed E-state index contributed by atoms with van der Waals surface area (Å²) in [6.07, 6.45) is 3.72. The van der Waals surface area contributed by atoms with Crippen LogP contribution >= 0.6 is 0 Å². The minimum Gasteiger partial charge on any atom is -0.393 e. The van der Waals surface area contributed by atoms with Crippen LogP contribution in [0.1, 0.15) is 26.2 Å². The number of hydrogen-bond donors (Lipinski definition) is 1. The van der Waals surface area contributed by atoms with Crippen LogP contribution in [0, 0.1) is 5.92 Å².